The summed E-state index contributed by atoms with van der Waals surface area (Å²) < 4.78 is 0. The van der Waals surface area contributed by atoms with Gasteiger partial charge in [0.05, 0.1) is 12.1 Å². The van der Waals surface area contributed by atoms with Crippen LogP contribution >= 0.6 is 0 Å². The van der Waals surface area contributed by atoms with Gasteiger partial charge in [0, 0.05) is 0 Å². The van der Waals surface area contributed by atoms with E-state index >= 15 is 0 Å². The Morgan fingerprint density at radius 1 is 1.00 bits per heavy atom. The average Bonchev–Trinajstić information content (AvgIpc) is 2.53. The van der Waals surface area contributed by atoms with Crippen molar-refractivity contribution in [1.82, 2.24) is 5.32 Å². The molecule has 4 N–H and O–H groups in total. The summed E-state index contributed by atoms with van der Waals surface area (Å²) in [4.78, 5) is 0. The van der Waals surface area contributed by atoms with Gasteiger partial charge in [0.1, 0.15) is 0 Å². The SMILES string of the molecule is CC(NC(c1ccccc1)c1ccccc1)C(N)=NO. The number of benzene rings is 2. The lowest BCUT2D eigenvalue weighted by atomic mass is 9.98. The zero-order valence-electron chi connectivity index (χ0n) is 11.4. The zero-order valence-corrected chi connectivity index (χ0v) is 11.4. The Labute approximate surface area is 118 Å². The second-order valence-corrected chi connectivity index (χ2v) is 4.67. The van der Waals surface area contributed by atoms with Crippen LogP contribution in [0.2, 0.25) is 0 Å². The molecule has 4 heteroatoms. The summed E-state index contributed by atoms with van der Waals surface area (Å²) in [5.41, 5.74) is 7.93. The summed E-state index contributed by atoms with van der Waals surface area (Å²) in [5, 5.41) is 15.2. The molecule has 20 heavy (non-hydrogen) atoms. The first kappa shape index (κ1) is 14.1. The van der Waals surface area contributed by atoms with Crippen molar-refractivity contribution < 1.29 is 5.21 Å². The van der Waals surface area contributed by atoms with Crippen LogP contribution in [0.5, 0.6) is 0 Å². The maximum atomic E-state index is 8.78. The molecule has 0 bridgehead atoms. The van der Waals surface area contributed by atoms with Crippen LogP contribution in [0.25, 0.3) is 0 Å². The van der Waals surface area contributed by atoms with Crippen LogP contribution in [0.4, 0.5) is 0 Å². The van der Waals surface area contributed by atoms with Gasteiger partial charge in [0.25, 0.3) is 0 Å². The molecule has 0 aromatic heterocycles. The van der Waals surface area contributed by atoms with Crippen LogP contribution in [-0.4, -0.2) is 17.1 Å². The molecule has 0 aliphatic heterocycles. The topological polar surface area (TPSA) is 70.6 Å². The maximum Gasteiger partial charge on any atom is 0.156 e. The van der Waals surface area contributed by atoms with E-state index in [2.05, 4.69) is 34.7 Å². The molecule has 4 nitrogen and oxygen atoms in total. The molecule has 1 unspecified atom stereocenters. The molecule has 2 aromatic carbocycles. The third-order valence-corrected chi connectivity index (χ3v) is 3.24. The number of hydrogen-bond acceptors (Lipinski definition) is 3. The summed E-state index contributed by atoms with van der Waals surface area (Å²) in [6.45, 7) is 1.87. The minimum atomic E-state index is -0.231. The molecular weight excluding hydrogens is 250 g/mol. The third kappa shape index (κ3) is 3.36. The van der Waals surface area contributed by atoms with E-state index < -0.39 is 0 Å². The van der Waals surface area contributed by atoms with Gasteiger partial charge in [-0.05, 0) is 18.1 Å². The van der Waals surface area contributed by atoms with Crippen molar-refractivity contribution in [1.29, 1.82) is 0 Å². The molecule has 2 rings (SSSR count). The monoisotopic (exact) mass is 269 g/mol. The van der Waals surface area contributed by atoms with E-state index in [4.69, 9.17) is 10.9 Å². The fraction of sp³-hybridized carbons (Fsp3) is 0.188. The van der Waals surface area contributed by atoms with Crippen molar-refractivity contribution in [3.05, 3.63) is 71.8 Å². The van der Waals surface area contributed by atoms with Crippen molar-refractivity contribution in [3.8, 4) is 0 Å². The highest BCUT2D eigenvalue weighted by Crippen LogP contribution is 2.22. The molecule has 0 fully saturated rings. The minimum absolute atomic E-state index is 0.00676. The molecule has 2 aromatic rings. The molecule has 1 atom stereocenters. The van der Waals surface area contributed by atoms with Crippen LogP contribution in [-0.2, 0) is 0 Å². The van der Waals surface area contributed by atoms with Gasteiger partial charge in [0.15, 0.2) is 5.84 Å². The average molecular weight is 269 g/mol. The highest BCUT2D eigenvalue weighted by molar-refractivity contribution is 5.84. The van der Waals surface area contributed by atoms with E-state index in [-0.39, 0.29) is 17.9 Å². The van der Waals surface area contributed by atoms with Crippen LogP contribution in [0.15, 0.2) is 65.8 Å². The molecule has 0 aliphatic carbocycles. The Morgan fingerprint density at radius 3 is 1.85 bits per heavy atom. The van der Waals surface area contributed by atoms with Gasteiger partial charge >= 0.3 is 0 Å². The first-order chi connectivity index (χ1) is 9.72. The van der Waals surface area contributed by atoms with Crippen molar-refractivity contribution in [2.45, 2.75) is 19.0 Å². The smallest absolute Gasteiger partial charge is 0.156 e. The highest BCUT2D eigenvalue weighted by atomic mass is 16.4. The van der Waals surface area contributed by atoms with Gasteiger partial charge in [-0.1, -0.05) is 65.8 Å². The van der Waals surface area contributed by atoms with Gasteiger partial charge in [-0.25, -0.2) is 0 Å². The summed E-state index contributed by atoms with van der Waals surface area (Å²) in [6, 6.07) is 20.0. The van der Waals surface area contributed by atoms with E-state index in [0.29, 0.717) is 0 Å². The molecular formula is C16H19N3O. The van der Waals surface area contributed by atoms with Crippen molar-refractivity contribution in [3.63, 3.8) is 0 Å². The van der Waals surface area contributed by atoms with Gasteiger partial charge in [-0.3, -0.25) is 5.32 Å². The number of amidine groups is 1. The van der Waals surface area contributed by atoms with Crippen LogP contribution in [0.1, 0.15) is 24.1 Å². The second-order valence-electron chi connectivity index (χ2n) is 4.67. The van der Waals surface area contributed by atoms with Crippen LogP contribution < -0.4 is 11.1 Å². The Hall–Kier alpha value is -2.33. The maximum absolute atomic E-state index is 8.78. The molecule has 0 aliphatic rings. The number of rotatable bonds is 5. The van der Waals surface area contributed by atoms with E-state index in [1.54, 1.807) is 0 Å². The lowest BCUT2D eigenvalue weighted by Crippen LogP contribution is -2.41. The normalized spacial score (nSPS) is 13.4. The molecule has 0 saturated heterocycles. The van der Waals surface area contributed by atoms with Crippen molar-refractivity contribution >= 4 is 5.84 Å². The van der Waals surface area contributed by atoms with Gasteiger partial charge in [0.2, 0.25) is 0 Å². The van der Waals surface area contributed by atoms with Gasteiger partial charge in [-0.2, -0.15) is 0 Å². The molecule has 0 heterocycles. The Balaban J connectivity index is 2.31. The lowest BCUT2D eigenvalue weighted by molar-refractivity contribution is 0.314. The number of hydrogen-bond donors (Lipinski definition) is 3. The minimum Gasteiger partial charge on any atom is -0.409 e. The second kappa shape index (κ2) is 6.73. The van der Waals surface area contributed by atoms with E-state index in [0.717, 1.165) is 11.1 Å². The number of nitrogens with two attached hydrogens (primary N) is 1. The van der Waals surface area contributed by atoms with Crippen molar-refractivity contribution in [2.24, 2.45) is 10.9 Å². The van der Waals surface area contributed by atoms with Crippen LogP contribution in [0, 0.1) is 0 Å². The molecule has 0 spiro atoms. The summed E-state index contributed by atoms with van der Waals surface area (Å²) in [5.74, 6) is 0.168. The number of nitrogens with one attached hydrogen (secondary N) is 1. The summed E-state index contributed by atoms with van der Waals surface area (Å²) in [6.07, 6.45) is 0. The van der Waals surface area contributed by atoms with Crippen molar-refractivity contribution in [2.75, 3.05) is 0 Å². The zero-order chi connectivity index (χ0) is 14.4. The highest BCUT2D eigenvalue weighted by Gasteiger charge is 2.18. The largest absolute Gasteiger partial charge is 0.409 e. The number of nitrogens with zero attached hydrogens (tertiary/aromatic N) is 1. The van der Waals surface area contributed by atoms with E-state index in [9.17, 15) is 0 Å². The standard InChI is InChI=1S/C16H19N3O/c1-12(16(17)19-20)18-15(13-8-4-2-5-9-13)14-10-6-3-7-11-14/h2-12,15,18,20H,1H3,(H2,17,19). The van der Waals surface area contributed by atoms with Gasteiger partial charge in [-0.15, -0.1) is 0 Å². The predicted octanol–water partition coefficient (Wildman–Crippen LogP) is 2.50. The lowest BCUT2D eigenvalue weighted by Gasteiger charge is -2.23. The fourth-order valence-electron chi connectivity index (χ4n) is 2.10. The van der Waals surface area contributed by atoms with Gasteiger partial charge < -0.3 is 10.9 Å². The predicted molar refractivity (Wildman–Crippen MR) is 80.7 cm³/mol. The Morgan fingerprint density at radius 2 is 1.45 bits per heavy atom. The van der Waals surface area contributed by atoms with Crippen LogP contribution in [0.3, 0.4) is 0 Å². The quantitative estimate of drug-likeness (QED) is 0.338. The summed E-state index contributed by atoms with van der Waals surface area (Å²) >= 11 is 0. The Kier molecular flexibility index (Phi) is 4.74. The summed E-state index contributed by atoms with van der Waals surface area (Å²) in [7, 11) is 0. The number of oxime groups is 1. The first-order valence-corrected chi connectivity index (χ1v) is 6.55. The molecule has 104 valence electrons. The molecule has 0 radical (unpaired) electrons. The Bertz CT molecular complexity index is 515. The molecule has 0 saturated carbocycles. The third-order valence-electron chi connectivity index (χ3n) is 3.24. The fourth-order valence-corrected chi connectivity index (χ4v) is 2.10. The molecule has 0 amide bonds. The van der Waals surface area contributed by atoms with E-state index in [1.807, 2.05) is 43.3 Å². The van der Waals surface area contributed by atoms with E-state index in [1.165, 1.54) is 0 Å². The first-order valence-electron chi connectivity index (χ1n) is 6.55.